The lowest BCUT2D eigenvalue weighted by atomic mass is 10.1. The Bertz CT molecular complexity index is 996. The molecule has 0 heterocycles. The molecule has 0 spiro atoms. The van der Waals surface area contributed by atoms with E-state index in [0.29, 0.717) is 10.2 Å². The van der Waals surface area contributed by atoms with Gasteiger partial charge < -0.3 is 14.2 Å². The molecule has 0 aliphatic heterocycles. The Balaban J connectivity index is 2.34. The van der Waals surface area contributed by atoms with Crippen molar-refractivity contribution >= 4 is 31.9 Å². The predicted octanol–water partition coefficient (Wildman–Crippen LogP) is 3.94. The van der Waals surface area contributed by atoms with Crippen molar-refractivity contribution in [3.63, 3.8) is 0 Å². The number of halogens is 4. The number of carbonyl (C=O) groups is 1. The zero-order chi connectivity index (χ0) is 22.5. The van der Waals surface area contributed by atoms with E-state index in [1.54, 1.807) is 6.92 Å². The lowest BCUT2D eigenvalue weighted by Crippen LogP contribution is -2.35. The van der Waals surface area contributed by atoms with Crippen molar-refractivity contribution < 1.29 is 40.6 Å². The van der Waals surface area contributed by atoms with E-state index in [0.717, 1.165) is 24.3 Å². The first-order valence-electron chi connectivity index (χ1n) is 8.35. The molecule has 0 aromatic heterocycles. The molecule has 0 aliphatic carbocycles. The number of benzene rings is 2. The normalized spacial score (nSPS) is 12.9. The number of carbonyl (C=O) groups excluding carboxylic acids is 1. The van der Waals surface area contributed by atoms with E-state index in [4.69, 9.17) is 9.47 Å². The number of hydrogen-bond acceptors (Lipinski definition) is 6. The molecule has 12 heteroatoms. The molecular weight excluding hydrogens is 495 g/mol. The molecule has 0 saturated heterocycles. The van der Waals surface area contributed by atoms with Crippen molar-refractivity contribution in [2.75, 3.05) is 13.7 Å². The summed E-state index contributed by atoms with van der Waals surface area (Å²) in [4.78, 5) is 12.0. The number of rotatable bonds is 8. The van der Waals surface area contributed by atoms with E-state index in [9.17, 15) is 26.4 Å². The Morgan fingerprint density at radius 3 is 2.30 bits per heavy atom. The Morgan fingerprint density at radius 1 is 1.17 bits per heavy atom. The highest BCUT2D eigenvalue weighted by Gasteiger charge is 2.32. The van der Waals surface area contributed by atoms with Crippen LogP contribution >= 0.6 is 15.9 Å². The minimum absolute atomic E-state index is 0.0118. The van der Waals surface area contributed by atoms with Crippen LogP contribution in [0.1, 0.15) is 18.5 Å². The van der Waals surface area contributed by atoms with Crippen LogP contribution in [-0.2, 0) is 19.6 Å². The van der Waals surface area contributed by atoms with Gasteiger partial charge >= 0.3 is 12.3 Å². The number of nitrogens with one attached hydrogen (secondary N) is 1. The summed E-state index contributed by atoms with van der Waals surface area (Å²) in [6, 6.07) is 6.66. The molecule has 7 nitrogen and oxygen atoms in total. The van der Waals surface area contributed by atoms with Gasteiger partial charge in [-0.05, 0) is 64.8 Å². The highest BCUT2D eigenvalue weighted by molar-refractivity contribution is 9.10. The highest BCUT2D eigenvalue weighted by atomic mass is 79.9. The van der Waals surface area contributed by atoms with E-state index >= 15 is 0 Å². The summed E-state index contributed by atoms with van der Waals surface area (Å²) in [5, 5.41) is 0. The molecule has 2 rings (SSSR count). The fraction of sp³-hybridized carbons (Fsp3) is 0.278. The monoisotopic (exact) mass is 511 g/mol. The highest BCUT2D eigenvalue weighted by Crippen LogP contribution is 2.30. The molecule has 0 bridgehead atoms. The minimum atomic E-state index is -4.91. The maximum atomic E-state index is 12.7. The van der Waals surface area contributed by atoms with Crippen molar-refractivity contribution in [2.24, 2.45) is 0 Å². The van der Waals surface area contributed by atoms with Crippen LogP contribution in [0.3, 0.4) is 0 Å². The summed E-state index contributed by atoms with van der Waals surface area (Å²) in [5.41, 5.74) is 0.265. The molecule has 2 aromatic rings. The first-order valence-corrected chi connectivity index (χ1v) is 10.6. The second-order valence-electron chi connectivity index (χ2n) is 5.72. The predicted molar refractivity (Wildman–Crippen MR) is 104 cm³/mol. The zero-order valence-corrected chi connectivity index (χ0v) is 18.1. The summed E-state index contributed by atoms with van der Waals surface area (Å²) in [6.07, 6.45) is -4.91. The van der Waals surface area contributed by atoms with E-state index < -0.39 is 34.1 Å². The van der Waals surface area contributed by atoms with Crippen LogP contribution in [-0.4, -0.2) is 34.5 Å². The smallest absolute Gasteiger partial charge is 0.496 e. The summed E-state index contributed by atoms with van der Waals surface area (Å²) in [5.74, 6) is -0.970. The first kappa shape index (κ1) is 24.0. The molecular formula is C18H17BrF3NO6S. The Labute approximate surface area is 179 Å². The van der Waals surface area contributed by atoms with Crippen LogP contribution in [0.15, 0.2) is 51.8 Å². The minimum Gasteiger partial charge on any atom is -0.496 e. The van der Waals surface area contributed by atoms with Gasteiger partial charge in [-0.1, -0.05) is 6.07 Å². The van der Waals surface area contributed by atoms with Crippen molar-refractivity contribution in [1.29, 1.82) is 0 Å². The van der Waals surface area contributed by atoms with E-state index in [1.807, 2.05) is 0 Å². The van der Waals surface area contributed by atoms with E-state index in [2.05, 4.69) is 25.4 Å². The molecule has 0 radical (unpaired) electrons. The van der Waals surface area contributed by atoms with Crippen LogP contribution in [0.25, 0.3) is 0 Å². The number of esters is 1. The van der Waals surface area contributed by atoms with Gasteiger partial charge in [0.2, 0.25) is 10.0 Å². The second-order valence-corrected chi connectivity index (χ2v) is 8.29. The van der Waals surface area contributed by atoms with Crippen molar-refractivity contribution in [1.82, 2.24) is 4.72 Å². The van der Waals surface area contributed by atoms with Crippen LogP contribution in [0.2, 0.25) is 0 Å². The van der Waals surface area contributed by atoms with Crippen molar-refractivity contribution in [3.8, 4) is 11.5 Å². The Morgan fingerprint density at radius 2 is 1.80 bits per heavy atom. The third kappa shape index (κ3) is 6.34. The SMILES string of the molecule is CCOC(=O)[C@@H](NS(=O)(=O)c1ccc(OC(F)(F)F)cc1)c1ccc(OC)c(Br)c1. The van der Waals surface area contributed by atoms with Crippen LogP contribution in [0.5, 0.6) is 11.5 Å². The van der Waals surface area contributed by atoms with Gasteiger partial charge in [0.15, 0.2) is 0 Å². The van der Waals surface area contributed by atoms with Crippen molar-refractivity contribution in [3.05, 3.63) is 52.5 Å². The molecule has 0 unspecified atom stereocenters. The Kier molecular flexibility index (Phi) is 7.72. The average molecular weight is 512 g/mol. The van der Waals surface area contributed by atoms with Gasteiger partial charge in [0, 0.05) is 0 Å². The van der Waals surface area contributed by atoms with E-state index in [1.165, 1.54) is 25.3 Å². The lowest BCUT2D eigenvalue weighted by Gasteiger charge is -2.19. The molecule has 1 N–H and O–H groups in total. The summed E-state index contributed by atoms with van der Waals surface area (Å²) < 4.78 is 78.7. The first-order chi connectivity index (χ1) is 14.0. The fourth-order valence-electron chi connectivity index (χ4n) is 2.38. The summed E-state index contributed by atoms with van der Waals surface area (Å²) in [6.45, 7) is 1.57. The topological polar surface area (TPSA) is 90.9 Å². The molecule has 0 saturated carbocycles. The van der Waals surface area contributed by atoms with Gasteiger partial charge in [-0.15, -0.1) is 13.2 Å². The van der Waals surface area contributed by atoms with Gasteiger partial charge in [-0.3, -0.25) is 0 Å². The zero-order valence-electron chi connectivity index (χ0n) is 15.7. The number of ether oxygens (including phenoxy) is 3. The number of alkyl halides is 3. The van der Waals surface area contributed by atoms with Gasteiger partial charge in [-0.25, -0.2) is 13.2 Å². The maximum absolute atomic E-state index is 12.7. The summed E-state index contributed by atoms with van der Waals surface area (Å²) in [7, 11) is -2.85. The quantitative estimate of drug-likeness (QED) is 0.539. The Hall–Kier alpha value is -2.31. The molecule has 164 valence electrons. The van der Waals surface area contributed by atoms with Crippen LogP contribution in [0, 0.1) is 0 Å². The summed E-state index contributed by atoms with van der Waals surface area (Å²) >= 11 is 3.26. The van der Waals surface area contributed by atoms with Crippen LogP contribution in [0.4, 0.5) is 13.2 Å². The van der Waals surface area contributed by atoms with Gasteiger partial charge in [0.05, 0.1) is 23.1 Å². The number of methoxy groups -OCH3 is 1. The largest absolute Gasteiger partial charge is 0.573 e. The molecule has 2 aromatic carbocycles. The maximum Gasteiger partial charge on any atom is 0.573 e. The number of sulfonamides is 1. The molecule has 0 fully saturated rings. The van der Waals surface area contributed by atoms with Crippen LogP contribution < -0.4 is 14.2 Å². The van der Waals surface area contributed by atoms with E-state index in [-0.39, 0.29) is 17.1 Å². The molecule has 0 aliphatic rings. The fourth-order valence-corrected chi connectivity index (χ4v) is 4.12. The standard InChI is InChI=1S/C18H17BrF3NO6S/c1-3-28-17(24)16(11-4-9-15(27-2)14(19)10-11)23-30(25,26)13-7-5-12(6-8-13)29-18(20,21)22/h4-10,16,23H,3H2,1-2H3/t16-/m0/s1. The van der Waals surface area contributed by atoms with Crippen molar-refractivity contribution in [2.45, 2.75) is 24.2 Å². The third-order valence-corrected chi connectivity index (χ3v) is 5.73. The molecule has 0 amide bonds. The average Bonchev–Trinajstić information content (AvgIpc) is 2.65. The van der Waals surface area contributed by atoms with Gasteiger partial charge in [0.25, 0.3) is 0 Å². The molecule has 1 atom stereocenters. The number of hydrogen-bond donors (Lipinski definition) is 1. The van der Waals surface area contributed by atoms with Gasteiger partial charge in [0.1, 0.15) is 17.5 Å². The third-order valence-electron chi connectivity index (χ3n) is 3.67. The van der Waals surface area contributed by atoms with Gasteiger partial charge in [-0.2, -0.15) is 4.72 Å². The lowest BCUT2D eigenvalue weighted by molar-refractivity contribution is -0.274. The second kappa shape index (κ2) is 9.67. The molecule has 30 heavy (non-hydrogen) atoms.